The molecule has 1 atom stereocenters. The number of esters is 1. The molecule has 1 rings (SSSR count). The Morgan fingerprint density at radius 2 is 2.10 bits per heavy atom. The Labute approximate surface area is 114 Å². The highest BCUT2D eigenvalue weighted by atomic mass is 32.2. The summed E-state index contributed by atoms with van der Waals surface area (Å²) in [5.41, 5.74) is -0.168. The molecular weight excluding hydrogens is 292 g/mol. The van der Waals surface area contributed by atoms with Gasteiger partial charge in [0.1, 0.15) is 0 Å². The standard InChI is InChI=1S/C10H12N2O7S/c1-19-10(16)7(13)5-12-20(17,18)8-3-2-6(4-11-8)9(14)15/h2-4,7,12-13H,5H2,1H3,(H,14,15). The van der Waals surface area contributed by atoms with E-state index in [1.807, 2.05) is 4.72 Å². The van der Waals surface area contributed by atoms with Crippen LogP contribution in [0.5, 0.6) is 0 Å². The number of nitrogens with one attached hydrogen (secondary N) is 1. The number of methoxy groups -OCH3 is 1. The van der Waals surface area contributed by atoms with E-state index in [-0.39, 0.29) is 5.56 Å². The third-order valence-electron chi connectivity index (χ3n) is 2.20. The summed E-state index contributed by atoms with van der Waals surface area (Å²) in [5, 5.41) is 17.5. The van der Waals surface area contributed by atoms with Crippen molar-refractivity contribution < 1.29 is 33.0 Å². The van der Waals surface area contributed by atoms with Gasteiger partial charge < -0.3 is 14.9 Å². The number of carboxylic acids is 1. The number of carboxylic acid groups (broad SMARTS) is 1. The zero-order valence-corrected chi connectivity index (χ0v) is 11.1. The summed E-state index contributed by atoms with van der Waals surface area (Å²) in [7, 11) is -3.01. The van der Waals surface area contributed by atoms with E-state index in [2.05, 4.69) is 9.72 Å². The van der Waals surface area contributed by atoms with Crippen LogP contribution in [0.25, 0.3) is 0 Å². The number of aliphatic hydroxyl groups excluding tert-OH is 1. The fourth-order valence-corrected chi connectivity index (χ4v) is 2.11. The average molecular weight is 304 g/mol. The summed E-state index contributed by atoms with van der Waals surface area (Å²) in [6.07, 6.45) is -0.763. The number of aliphatic hydroxyl groups is 1. The molecule has 0 fully saturated rings. The quantitative estimate of drug-likeness (QED) is 0.544. The van der Waals surface area contributed by atoms with Gasteiger partial charge in [-0.2, -0.15) is 0 Å². The summed E-state index contributed by atoms with van der Waals surface area (Å²) in [6, 6.07) is 2.07. The normalized spacial score (nSPS) is 12.7. The Morgan fingerprint density at radius 3 is 2.55 bits per heavy atom. The minimum absolute atomic E-state index is 0.168. The van der Waals surface area contributed by atoms with Gasteiger partial charge in [0.05, 0.1) is 12.7 Å². The fourth-order valence-electron chi connectivity index (χ4n) is 1.15. The maximum absolute atomic E-state index is 11.7. The molecule has 110 valence electrons. The van der Waals surface area contributed by atoms with Crippen molar-refractivity contribution in [3.8, 4) is 0 Å². The van der Waals surface area contributed by atoms with Crippen molar-refractivity contribution in [3.05, 3.63) is 23.9 Å². The van der Waals surface area contributed by atoms with Gasteiger partial charge in [0.15, 0.2) is 11.1 Å². The van der Waals surface area contributed by atoms with Crippen LogP contribution in [0.1, 0.15) is 10.4 Å². The molecule has 0 saturated heterocycles. The van der Waals surface area contributed by atoms with Gasteiger partial charge in [-0.25, -0.2) is 27.7 Å². The van der Waals surface area contributed by atoms with Crippen LogP contribution in [0.2, 0.25) is 0 Å². The second-order valence-corrected chi connectivity index (χ2v) is 5.29. The molecule has 1 unspecified atom stereocenters. The molecule has 0 aliphatic carbocycles. The molecule has 1 heterocycles. The third kappa shape index (κ3) is 3.98. The Bertz CT molecular complexity index is 597. The van der Waals surface area contributed by atoms with Crippen molar-refractivity contribution in [2.24, 2.45) is 0 Å². The fraction of sp³-hybridized carbons (Fsp3) is 0.300. The van der Waals surface area contributed by atoms with Gasteiger partial charge in [-0.15, -0.1) is 0 Å². The topological polar surface area (TPSA) is 143 Å². The van der Waals surface area contributed by atoms with Crippen LogP contribution in [-0.4, -0.2) is 55.3 Å². The number of aromatic carboxylic acids is 1. The number of nitrogens with zero attached hydrogens (tertiary/aromatic N) is 1. The number of carbonyl (C=O) groups excluding carboxylic acids is 1. The Balaban J connectivity index is 2.79. The molecular formula is C10H12N2O7S. The first-order valence-corrected chi connectivity index (χ1v) is 6.71. The van der Waals surface area contributed by atoms with Crippen molar-refractivity contribution >= 4 is 22.0 Å². The van der Waals surface area contributed by atoms with E-state index in [4.69, 9.17) is 5.11 Å². The lowest BCUT2D eigenvalue weighted by Crippen LogP contribution is -2.37. The van der Waals surface area contributed by atoms with E-state index >= 15 is 0 Å². The minimum atomic E-state index is -4.06. The number of hydrogen-bond acceptors (Lipinski definition) is 7. The molecule has 0 bridgehead atoms. The Kier molecular flexibility index (Phi) is 5.13. The van der Waals surface area contributed by atoms with E-state index in [9.17, 15) is 23.1 Å². The number of carbonyl (C=O) groups is 2. The molecule has 0 aliphatic heterocycles. The van der Waals surface area contributed by atoms with E-state index < -0.39 is 39.6 Å². The monoisotopic (exact) mass is 304 g/mol. The summed E-state index contributed by atoms with van der Waals surface area (Å²) in [4.78, 5) is 25.0. The van der Waals surface area contributed by atoms with Crippen LogP contribution in [0, 0.1) is 0 Å². The Hall–Kier alpha value is -2.04. The van der Waals surface area contributed by atoms with Gasteiger partial charge in [0.25, 0.3) is 10.0 Å². The minimum Gasteiger partial charge on any atom is -0.478 e. The highest BCUT2D eigenvalue weighted by Gasteiger charge is 2.21. The first kappa shape index (κ1) is 16.0. The number of sulfonamides is 1. The maximum Gasteiger partial charge on any atom is 0.337 e. The smallest absolute Gasteiger partial charge is 0.337 e. The maximum atomic E-state index is 11.7. The second kappa shape index (κ2) is 6.41. The molecule has 0 amide bonds. The first-order chi connectivity index (χ1) is 9.27. The van der Waals surface area contributed by atoms with E-state index in [1.54, 1.807) is 0 Å². The second-order valence-electron chi connectivity index (χ2n) is 3.58. The molecule has 0 saturated carbocycles. The lowest BCUT2D eigenvalue weighted by atomic mass is 10.3. The molecule has 10 heteroatoms. The summed E-state index contributed by atoms with van der Waals surface area (Å²) in [5.74, 6) is -2.22. The van der Waals surface area contributed by atoms with Crippen LogP contribution in [0.15, 0.2) is 23.4 Å². The van der Waals surface area contributed by atoms with E-state index in [1.165, 1.54) is 0 Å². The van der Waals surface area contributed by atoms with Crippen LogP contribution < -0.4 is 4.72 Å². The molecule has 3 N–H and O–H groups in total. The molecule has 0 aliphatic rings. The van der Waals surface area contributed by atoms with Gasteiger partial charge in [-0.05, 0) is 12.1 Å². The van der Waals surface area contributed by atoms with Crippen molar-refractivity contribution in [2.75, 3.05) is 13.7 Å². The SMILES string of the molecule is COC(=O)C(O)CNS(=O)(=O)c1ccc(C(=O)O)cn1. The van der Waals surface area contributed by atoms with Gasteiger partial charge in [0, 0.05) is 12.7 Å². The van der Waals surface area contributed by atoms with E-state index in [0.29, 0.717) is 0 Å². The van der Waals surface area contributed by atoms with Gasteiger partial charge in [0.2, 0.25) is 0 Å². The van der Waals surface area contributed by atoms with Crippen molar-refractivity contribution in [1.82, 2.24) is 9.71 Å². The van der Waals surface area contributed by atoms with Crippen LogP contribution >= 0.6 is 0 Å². The third-order valence-corrected chi connectivity index (χ3v) is 3.54. The van der Waals surface area contributed by atoms with Gasteiger partial charge in [-0.1, -0.05) is 0 Å². The molecule has 20 heavy (non-hydrogen) atoms. The number of aromatic nitrogens is 1. The molecule has 9 nitrogen and oxygen atoms in total. The molecule has 0 aromatic carbocycles. The largest absolute Gasteiger partial charge is 0.478 e. The lowest BCUT2D eigenvalue weighted by molar-refractivity contribution is -0.149. The van der Waals surface area contributed by atoms with Crippen molar-refractivity contribution in [3.63, 3.8) is 0 Å². The number of hydrogen-bond donors (Lipinski definition) is 3. The molecule has 1 aromatic rings. The highest BCUT2D eigenvalue weighted by molar-refractivity contribution is 7.89. The van der Waals surface area contributed by atoms with Gasteiger partial charge in [-0.3, -0.25) is 0 Å². The van der Waals surface area contributed by atoms with Crippen LogP contribution in [0.4, 0.5) is 0 Å². The zero-order valence-electron chi connectivity index (χ0n) is 10.3. The number of rotatable bonds is 6. The molecule has 0 radical (unpaired) electrons. The van der Waals surface area contributed by atoms with Crippen molar-refractivity contribution in [1.29, 1.82) is 0 Å². The number of ether oxygens (including phenoxy) is 1. The zero-order chi connectivity index (χ0) is 15.3. The van der Waals surface area contributed by atoms with Crippen LogP contribution in [-0.2, 0) is 19.6 Å². The Morgan fingerprint density at radius 1 is 1.45 bits per heavy atom. The first-order valence-electron chi connectivity index (χ1n) is 5.23. The summed E-state index contributed by atoms with van der Waals surface area (Å²) >= 11 is 0. The molecule has 1 aromatic heterocycles. The molecule has 0 spiro atoms. The van der Waals surface area contributed by atoms with Crippen LogP contribution in [0.3, 0.4) is 0 Å². The van der Waals surface area contributed by atoms with Crippen molar-refractivity contribution in [2.45, 2.75) is 11.1 Å². The highest BCUT2D eigenvalue weighted by Crippen LogP contribution is 2.06. The number of pyridine rings is 1. The predicted octanol–water partition coefficient (Wildman–Crippen LogP) is -1.41. The summed E-state index contributed by atoms with van der Waals surface area (Å²) < 4.78 is 29.7. The summed E-state index contributed by atoms with van der Waals surface area (Å²) in [6.45, 7) is -0.586. The van der Waals surface area contributed by atoms with E-state index in [0.717, 1.165) is 25.4 Å². The predicted molar refractivity (Wildman–Crippen MR) is 64.4 cm³/mol. The van der Waals surface area contributed by atoms with Gasteiger partial charge >= 0.3 is 11.9 Å². The average Bonchev–Trinajstić information content (AvgIpc) is 2.44. The lowest BCUT2D eigenvalue weighted by Gasteiger charge is -2.10.